The van der Waals surface area contributed by atoms with E-state index < -0.39 is 0 Å². The molecule has 3 nitrogen and oxygen atoms in total. The van der Waals surface area contributed by atoms with Gasteiger partial charge in [-0.2, -0.15) is 0 Å². The van der Waals surface area contributed by atoms with Crippen LogP contribution in [-0.4, -0.2) is 15.3 Å². The fraction of sp³-hybridized carbons (Fsp3) is 0.100. The molecule has 0 bridgehead atoms. The molecule has 0 saturated carbocycles. The van der Waals surface area contributed by atoms with Crippen LogP contribution in [0.4, 0.5) is 0 Å². The zero-order chi connectivity index (χ0) is 16.4. The van der Waals surface area contributed by atoms with E-state index in [9.17, 15) is 4.79 Å². The molecular weight excluding hydrogens is 352 g/mol. The molecule has 0 amide bonds. The maximum atomic E-state index is 12.9. The fourth-order valence-electron chi connectivity index (χ4n) is 2.90. The summed E-state index contributed by atoms with van der Waals surface area (Å²) in [6, 6.07) is 18.4. The summed E-state index contributed by atoms with van der Waals surface area (Å²) in [5.74, 6) is 0.184. The molecule has 4 aromatic rings. The predicted octanol–water partition coefficient (Wildman–Crippen LogP) is 5.46. The number of halogens is 1. The summed E-state index contributed by atoms with van der Waals surface area (Å²) in [6.45, 7) is 0.654. The predicted molar refractivity (Wildman–Crippen MR) is 106 cm³/mol. The normalized spacial score (nSPS) is 10.6. The van der Waals surface area contributed by atoms with Crippen molar-refractivity contribution in [3.63, 3.8) is 0 Å². The molecule has 25 heavy (non-hydrogen) atoms. The average Bonchev–Trinajstić information content (AvgIpc) is 3.28. The average molecular weight is 369 g/mol. The lowest BCUT2D eigenvalue weighted by Crippen LogP contribution is -2.04. The Morgan fingerprint density at radius 1 is 1.04 bits per heavy atom. The van der Waals surface area contributed by atoms with Crippen LogP contribution in [0.2, 0.25) is 0 Å². The first-order valence-electron chi connectivity index (χ1n) is 7.89. The number of hydrogen-bond donors (Lipinski definition) is 0. The van der Waals surface area contributed by atoms with Gasteiger partial charge in [0.2, 0.25) is 0 Å². The minimum absolute atomic E-state index is 0. The third kappa shape index (κ3) is 3.50. The molecule has 2 aromatic heterocycles. The molecule has 0 saturated heterocycles. The monoisotopic (exact) mass is 368 g/mol. The van der Waals surface area contributed by atoms with Crippen molar-refractivity contribution in [1.82, 2.24) is 9.55 Å². The van der Waals surface area contributed by atoms with Gasteiger partial charge < -0.3 is 4.57 Å². The van der Waals surface area contributed by atoms with E-state index >= 15 is 0 Å². The first-order valence-corrected chi connectivity index (χ1v) is 8.70. The maximum Gasteiger partial charge on any atom is 0.175 e. The number of imidazole rings is 1. The van der Waals surface area contributed by atoms with Gasteiger partial charge in [-0.1, -0.05) is 48.5 Å². The summed E-state index contributed by atoms with van der Waals surface area (Å²) in [7, 11) is 0. The molecule has 0 spiro atoms. The maximum absolute atomic E-state index is 12.9. The lowest BCUT2D eigenvalue weighted by molar-refractivity contribution is 0.0981. The van der Waals surface area contributed by atoms with Gasteiger partial charge in [0.15, 0.2) is 5.78 Å². The molecule has 2 aromatic carbocycles. The Morgan fingerprint density at radius 2 is 1.80 bits per heavy atom. The van der Waals surface area contributed by atoms with Crippen molar-refractivity contribution < 1.29 is 4.79 Å². The summed E-state index contributed by atoms with van der Waals surface area (Å²) in [4.78, 5) is 17.8. The van der Waals surface area contributed by atoms with Crippen LogP contribution in [0.3, 0.4) is 0 Å². The number of ketones is 1. The molecule has 0 radical (unpaired) electrons. The summed E-state index contributed by atoms with van der Waals surface area (Å²) in [5, 5.41) is 1.15. The number of aryl methyl sites for hydroxylation is 1. The number of benzene rings is 2. The molecular formula is C20H17ClN2OS. The Kier molecular flexibility index (Phi) is 5.31. The molecule has 0 aliphatic carbocycles. The number of fused-ring (bicyclic) bond motifs is 1. The Hall–Kier alpha value is -2.43. The van der Waals surface area contributed by atoms with Gasteiger partial charge in [-0.05, 0) is 11.6 Å². The van der Waals surface area contributed by atoms with Crippen molar-refractivity contribution >= 4 is 39.6 Å². The number of rotatable bonds is 5. The van der Waals surface area contributed by atoms with Crippen molar-refractivity contribution in [1.29, 1.82) is 0 Å². The molecule has 0 N–H and O–H groups in total. The summed E-state index contributed by atoms with van der Waals surface area (Å²) < 4.78 is 3.09. The van der Waals surface area contributed by atoms with Crippen molar-refractivity contribution in [2.45, 2.75) is 13.0 Å². The first-order chi connectivity index (χ1) is 11.8. The highest BCUT2D eigenvalue weighted by atomic mass is 35.5. The van der Waals surface area contributed by atoms with Crippen LogP contribution in [0.1, 0.15) is 16.1 Å². The molecule has 0 atom stereocenters. The van der Waals surface area contributed by atoms with Gasteiger partial charge in [-0.3, -0.25) is 4.79 Å². The van der Waals surface area contributed by atoms with Crippen LogP contribution in [0.15, 0.2) is 73.3 Å². The molecule has 126 valence electrons. The van der Waals surface area contributed by atoms with Gasteiger partial charge in [-0.15, -0.1) is 23.7 Å². The van der Waals surface area contributed by atoms with Gasteiger partial charge >= 0.3 is 0 Å². The third-order valence-corrected chi connectivity index (χ3v) is 5.28. The number of nitrogens with zero attached hydrogens (tertiary/aromatic N) is 2. The Balaban J connectivity index is 0.00000182. The Labute approximate surface area is 156 Å². The topological polar surface area (TPSA) is 34.9 Å². The van der Waals surface area contributed by atoms with Crippen LogP contribution in [-0.2, 0) is 6.54 Å². The van der Waals surface area contributed by atoms with Crippen molar-refractivity contribution in [3.8, 4) is 11.1 Å². The number of hydrogen-bond acceptors (Lipinski definition) is 3. The lowest BCUT2D eigenvalue weighted by Gasteiger charge is -2.05. The Bertz CT molecular complexity index is 978. The van der Waals surface area contributed by atoms with E-state index in [4.69, 9.17) is 0 Å². The van der Waals surface area contributed by atoms with Gasteiger partial charge in [-0.25, -0.2) is 4.98 Å². The third-order valence-electron chi connectivity index (χ3n) is 4.07. The minimum Gasteiger partial charge on any atom is -0.337 e. The summed E-state index contributed by atoms with van der Waals surface area (Å²) >= 11 is 1.59. The molecule has 2 heterocycles. The zero-order valence-electron chi connectivity index (χ0n) is 13.5. The van der Waals surface area contributed by atoms with Crippen molar-refractivity contribution in [2.75, 3.05) is 0 Å². The molecule has 0 fully saturated rings. The van der Waals surface area contributed by atoms with Crippen molar-refractivity contribution in [2.24, 2.45) is 0 Å². The number of aromatic nitrogens is 2. The quantitative estimate of drug-likeness (QED) is 0.438. The van der Waals surface area contributed by atoms with Crippen LogP contribution in [0.25, 0.3) is 21.2 Å². The largest absolute Gasteiger partial charge is 0.337 e. The number of Topliss-reactive ketones (excluding diaryl/α,β-unsaturated/α-hetero) is 1. The SMILES string of the molecule is Cl.O=C(CCn1ccnc1)c1sc2ccccc2c1-c1ccccc1. The van der Waals surface area contributed by atoms with E-state index in [2.05, 4.69) is 29.2 Å². The van der Waals surface area contributed by atoms with Gasteiger partial charge in [0, 0.05) is 41.0 Å². The first kappa shape index (κ1) is 17.4. The van der Waals surface area contributed by atoms with Crippen LogP contribution >= 0.6 is 23.7 Å². The van der Waals surface area contributed by atoms with Gasteiger partial charge in [0.1, 0.15) is 0 Å². The van der Waals surface area contributed by atoms with Crippen molar-refractivity contribution in [3.05, 3.63) is 78.2 Å². The number of carbonyl (C=O) groups excluding carboxylic acids is 1. The second kappa shape index (κ2) is 7.64. The number of carbonyl (C=O) groups is 1. The highest BCUT2D eigenvalue weighted by Crippen LogP contribution is 2.39. The second-order valence-corrected chi connectivity index (χ2v) is 6.69. The number of thiophene rings is 1. The van der Waals surface area contributed by atoms with E-state index in [0.717, 1.165) is 26.1 Å². The highest BCUT2D eigenvalue weighted by molar-refractivity contribution is 7.21. The van der Waals surface area contributed by atoms with Gasteiger partial charge in [0.05, 0.1) is 11.2 Å². The smallest absolute Gasteiger partial charge is 0.175 e. The zero-order valence-corrected chi connectivity index (χ0v) is 15.1. The summed E-state index contributed by atoms with van der Waals surface area (Å²) in [5.41, 5.74) is 2.16. The van der Waals surface area contributed by atoms with Gasteiger partial charge in [0.25, 0.3) is 0 Å². The lowest BCUT2D eigenvalue weighted by atomic mass is 10.00. The fourth-order valence-corrected chi connectivity index (χ4v) is 4.09. The summed E-state index contributed by atoms with van der Waals surface area (Å²) in [6.07, 6.45) is 5.84. The van der Waals surface area contributed by atoms with E-state index in [1.54, 1.807) is 23.9 Å². The van der Waals surface area contributed by atoms with Crippen LogP contribution < -0.4 is 0 Å². The van der Waals surface area contributed by atoms with E-state index in [-0.39, 0.29) is 18.2 Å². The minimum atomic E-state index is 0. The molecule has 0 aliphatic rings. The highest BCUT2D eigenvalue weighted by Gasteiger charge is 2.19. The Morgan fingerprint density at radius 3 is 2.56 bits per heavy atom. The standard InChI is InChI=1S/C20H16N2OS.ClH/c23-17(10-12-22-13-11-21-14-22)20-19(15-6-2-1-3-7-15)16-8-4-5-9-18(16)24-20;/h1-9,11,13-14H,10,12H2;1H. The molecule has 0 aliphatic heterocycles. The van der Waals surface area contributed by atoms with E-state index in [1.807, 2.05) is 41.1 Å². The molecule has 0 unspecified atom stereocenters. The van der Waals surface area contributed by atoms with E-state index in [1.165, 1.54) is 0 Å². The second-order valence-electron chi connectivity index (χ2n) is 5.64. The van der Waals surface area contributed by atoms with E-state index in [0.29, 0.717) is 13.0 Å². The van der Waals surface area contributed by atoms with Crippen LogP contribution in [0.5, 0.6) is 0 Å². The molecule has 4 rings (SSSR count). The molecule has 5 heteroatoms. The van der Waals surface area contributed by atoms with Crippen LogP contribution in [0, 0.1) is 0 Å².